The van der Waals surface area contributed by atoms with E-state index in [0.29, 0.717) is 0 Å². The number of carbonyl (C=O) groups is 2. The zero-order valence-corrected chi connectivity index (χ0v) is 8.11. The zero-order valence-electron chi connectivity index (χ0n) is 8.11. The van der Waals surface area contributed by atoms with Crippen molar-refractivity contribution >= 4 is 11.9 Å². The van der Waals surface area contributed by atoms with Crippen LogP contribution in [0.25, 0.3) is 0 Å². The highest BCUT2D eigenvalue weighted by Gasteiger charge is 2.67. The van der Waals surface area contributed by atoms with Crippen LogP contribution >= 0.6 is 0 Å². The van der Waals surface area contributed by atoms with Crippen molar-refractivity contribution in [1.29, 1.82) is 0 Å². The molecule has 3 aliphatic heterocycles. The van der Waals surface area contributed by atoms with Gasteiger partial charge in [-0.15, -0.1) is 0 Å². The van der Waals surface area contributed by atoms with E-state index in [4.69, 9.17) is 24.4 Å². The normalized spacial score (nSPS) is 49.2. The summed E-state index contributed by atoms with van der Waals surface area (Å²) in [6.07, 6.45) is -2.31. The Balaban J connectivity index is 1.95. The van der Waals surface area contributed by atoms with E-state index in [2.05, 4.69) is 0 Å². The molecule has 0 spiro atoms. The predicted octanol–water partition coefficient (Wildman–Crippen LogP) is -1.09. The molecule has 0 amide bonds. The van der Waals surface area contributed by atoms with E-state index in [1.807, 2.05) is 0 Å². The third-order valence-corrected chi connectivity index (χ3v) is 3.47. The maximum atomic E-state index is 11.1. The SMILES string of the molecule is O=C(O)[C@@H]1[C@@H]2O[C@@H]([C@H]3OCO[C@H]32)[C@@H]1C(=O)O. The second kappa shape index (κ2) is 3.16. The quantitative estimate of drug-likeness (QED) is 0.621. The number of hydrogen-bond acceptors (Lipinski definition) is 5. The average Bonchev–Trinajstić information content (AvgIpc) is 2.87. The molecule has 2 N–H and O–H groups in total. The van der Waals surface area contributed by atoms with E-state index in [1.54, 1.807) is 0 Å². The monoisotopic (exact) mass is 230 g/mol. The molecule has 0 aliphatic carbocycles. The maximum absolute atomic E-state index is 11.1. The molecule has 7 nitrogen and oxygen atoms in total. The van der Waals surface area contributed by atoms with Gasteiger partial charge >= 0.3 is 11.9 Å². The number of aliphatic carboxylic acids is 2. The third kappa shape index (κ3) is 1.07. The van der Waals surface area contributed by atoms with Crippen molar-refractivity contribution in [3.63, 3.8) is 0 Å². The molecular weight excluding hydrogens is 220 g/mol. The molecule has 0 unspecified atom stereocenters. The minimum absolute atomic E-state index is 0.0738. The van der Waals surface area contributed by atoms with Gasteiger partial charge in [0.2, 0.25) is 0 Å². The Hall–Kier alpha value is -1.18. The van der Waals surface area contributed by atoms with Gasteiger partial charge in [0.05, 0.1) is 0 Å². The van der Waals surface area contributed by atoms with Crippen LogP contribution in [0.2, 0.25) is 0 Å². The summed E-state index contributed by atoms with van der Waals surface area (Å²) in [6, 6.07) is 0. The topological polar surface area (TPSA) is 102 Å². The van der Waals surface area contributed by atoms with Crippen LogP contribution in [0.4, 0.5) is 0 Å². The van der Waals surface area contributed by atoms with Crippen LogP contribution in [0, 0.1) is 11.8 Å². The predicted molar refractivity (Wildman–Crippen MR) is 45.5 cm³/mol. The van der Waals surface area contributed by atoms with Gasteiger partial charge in [-0.2, -0.15) is 0 Å². The minimum atomic E-state index is -1.16. The summed E-state index contributed by atoms with van der Waals surface area (Å²) in [5.41, 5.74) is 0. The molecule has 16 heavy (non-hydrogen) atoms. The summed E-state index contributed by atoms with van der Waals surface area (Å²) in [5.74, 6) is -4.42. The van der Waals surface area contributed by atoms with Gasteiger partial charge in [-0.25, -0.2) is 0 Å². The molecule has 3 aliphatic rings. The van der Waals surface area contributed by atoms with Gasteiger partial charge in [0.25, 0.3) is 0 Å². The van der Waals surface area contributed by atoms with E-state index in [0.717, 1.165) is 0 Å². The van der Waals surface area contributed by atoms with E-state index in [9.17, 15) is 9.59 Å². The molecule has 2 bridgehead atoms. The van der Waals surface area contributed by atoms with Crippen LogP contribution in [0.3, 0.4) is 0 Å². The van der Waals surface area contributed by atoms with Crippen LogP contribution in [0.5, 0.6) is 0 Å². The summed E-state index contributed by atoms with van der Waals surface area (Å²) in [4.78, 5) is 22.1. The molecule has 3 heterocycles. The fourth-order valence-electron chi connectivity index (χ4n) is 2.86. The van der Waals surface area contributed by atoms with Crippen molar-refractivity contribution in [1.82, 2.24) is 0 Å². The Labute approximate surface area is 89.9 Å². The first kappa shape index (κ1) is 10.0. The third-order valence-electron chi connectivity index (χ3n) is 3.47. The fraction of sp³-hybridized carbons (Fsp3) is 0.778. The Bertz CT molecular complexity index is 322. The van der Waals surface area contributed by atoms with Gasteiger partial charge in [-0.1, -0.05) is 0 Å². The molecule has 3 saturated heterocycles. The van der Waals surface area contributed by atoms with Crippen LogP contribution in [0.15, 0.2) is 0 Å². The Kier molecular flexibility index (Phi) is 1.97. The van der Waals surface area contributed by atoms with Gasteiger partial charge in [0.1, 0.15) is 43.0 Å². The van der Waals surface area contributed by atoms with Crippen molar-refractivity contribution in [3.05, 3.63) is 0 Å². The van der Waals surface area contributed by atoms with Crippen molar-refractivity contribution in [2.24, 2.45) is 11.8 Å². The molecule has 6 atom stereocenters. The summed E-state index contributed by atoms with van der Waals surface area (Å²) >= 11 is 0. The molecule has 0 aromatic carbocycles. The van der Waals surface area contributed by atoms with Crippen molar-refractivity contribution in [3.8, 4) is 0 Å². The van der Waals surface area contributed by atoms with Crippen LogP contribution in [0.1, 0.15) is 0 Å². The first-order valence-electron chi connectivity index (χ1n) is 4.95. The number of hydrogen-bond donors (Lipinski definition) is 2. The molecular formula is C9H10O7. The van der Waals surface area contributed by atoms with E-state index in [-0.39, 0.29) is 6.79 Å². The largest absolute Gasteiger partial charge is 0.481 e. The molecule has 0 radical (unpaired) electrons. The van der Waals surface area contributed by atoms with E-state index in [1.165, 1.54) is 0 Å². The van der Waals surface area contributed by atoms with Crippen molar-refractivity contribution in [2.45, 2.75) is 24.4 Å². The minimum Gasteiger partial charge on any atom is -0.481 e. The smallest absolute Gasteiger partial charge is 0.310 e. The second-order valence-corrected chi connectivity index (χ2v) is 4.17. The summed E-state index contributed by atoms with van der Waals surface area (Å²) in [7, 11) is 0. The summed E-state index contributed by atoms with van der Waals surface area (Å²) in [6.45, 7) is 0.0738. The molecule has 0 aromatic heterocycles. The average molecular weight is 230 g/mol. The highest BCUT2D eigenvalue weighted by atomic mass is 16.7. The lowest BCUT2D eigenvalue weighted by Crippen LogP contribution is -2.50. The Morgan fingerprint density at radius 2 is 1.31 bits per heavy atom. The summed E-state index contributed by atoms with van der Waals surface area (Å²) in [5, 5.41) is 18.1. The van der Waals surface area contributed by atoms with Gasteiger partial charge in [-0.05, 0) is 0 Å². The number of rotatable bonds is 2. The number of carboxylic acid groups (broad SMARTS) is 2. The molecule has 88 valence electrons. The Morgan fingerprint density at radius 3 is 1.69 bits per heavy atom. The summed E-state index contributed by atoms with van der Waals surface area (Å²) < 4.78 is 15.8. The first-order valence-corrected chi connectivity index (χ1v) is 4.95. The molecule has 3 rings (SSSR count). The van der Waals surface area contributed by atoms with Gasteiger partial charge < -0.3 is 24.4 Å². The number of carboxylic acids is 2. The first-order chi connectivity index (χ1) is 7.61. The molecule has 3 fully saturated rings. The van der Waals surface area contributed by atoms with E-state index < -0.39 is 48.2 Å². The van der Waals surface area contributed by atoms with Crippen molar-refractivity contribution in [2.75, 3.05) is 6.79 Å². The number of ether oxygens (including phenoxy) is 3. The van der Waals surface area contributed by atoms with Gasteiger partial charge in [-0.3, -0.25) is 9.59 Å². The highest BCUT2D eigenvalue weighted by Crippen LogP contribution is 2.48. The highest BCUT2D eigenvalue weighted by molar-refractivity contribution is 5.82. The molecule has 0 saturated carbocycles. The lowest BCUT2D eigenvalue weighted by atomic mass is 9.76. The van der Waals surface area contributed by atoms with Gasteiger partial charge in [0, 0.05) is 0 Å². The Morgan fingerprint density at radius 1 is 0.875 bits per heavy atom. The zero-order chi connectivity index (χ0) is 11.4. The van der Waals surface area contributed by atoms with Crippen molar-refractivity contribution < 1.29 is 34.0 Å². The van der Waals surface area contributed by atoms with E-state index >= 15 is 0 Å². The lowest BCUT2D eigenvalue weighted by Gasteiger charge is -2.27. The lowest BCUT2D eigenvalue weighted by molar-refractivity contribution is -0.156. The van der Waals surface area contributed by atoms with Gasteiger partial charge in [0.15, 0.2) is 0 Å². The van der Waals surface area contributed by atoms with Crippen LogP contribution in [-0.4, -0.2) is 53.4 Å². The second-order valence-electron chi connectivity index (χ2n) is 4.17. The molecule has 0 aromatic rings. The standard InChI is InChI=1S/C9H10O7/c10-8(11)2-3(9(12)13)5-7-6(4(2)16-5)14-1-15-7/h2-7H,1H2,(H,10,11)(H,12,13)/t2-,3+,4-,5+,6-,7+. The number of fused-ring (bicyclic) bond motifs is 5. The fourth-order valence-corrected chi connectivity index (χ4v) is 2.86. The maximum Gasteiger partial charge on any atom is 0.310 e. The van der Waals surface area contributed by atoms with Crippen LogP contribution in [-0.2, 0) is 23.8 Å². The van der Waals surface area contributed by atoms with Crippen LogP contribution < -0.4 is 0 Å². The molecule has 7 heteroatoms.